The number of benzene rings is 1. The fraction of sp³-hybridized carbons (Fsp3) is 0.455. The van der Waals surface area contributed by atoms with Gasteiger partial charge >= 0.3 is 0 Å². The van der Waals surface area contributed by atoms with Crippen LogP contribution in [0.5, 0.6) is 0 Å². The molecule has 2 nitrogen and oxygen atoms in total. The molecule has 0 aliphatic heterocycles. The summed E-state index contributed by atoms with van der Waals surface area (Å²) >= 11 is 8.26. The molecule has 0 aliphatic rings. The van der Waals surface area contributed by atoms with Crippen molar-refractivity contribution in [3.63, 3.8) is 0 Å². The summed E-state index contributed by atoms with van der Waals surface area (Å²) in [5.74, 6) is 0. The molecule has 0 spiro atoms. The van der Waals surface area contributed by atoms with Crippen molar-refractivity contribution in [2.24, 2.45) is 0 Å². The van der Waals surface area contributed by atoms with Gasteiger partial charge in [-0.15, -0.1) is 0 Å². The Morgan fingerprint density at radius 1 is 1.27 bits per heavy atom. The van der Waals surface area contributed by atoms with Crippen LogP contribution in [0.25, 0.3) is 0 Å². The fourth-order valence-corrected chi connectivity index (χ4v) is 1.77. The molecule has 1 rings (SSSR count). The highest BCUT2D eigenvalue weighted by Crippen LogP contribution is 2.19. The van der Waals surface area contributed by atoms with Crippen molar-refractivity contribution in [1.82, 2.24) is 10.6 Å². The molecule has 0 aromatic heterocycles. The van der Waals surface area contributed by atoms with Gasteiger partial charge in [0.1, 0.15) is 0 Å². The maximum Gasteiger partial charge on any atom is 0.0542 e. The van der Waals surface area contributed by atoms with Crippen LogP contribution in [0.15, 0.2) is 18.2 Å². The molecule has 1 aromatic carbocycles. The number of halogens is 2. The molecule has 0 aliphatic carbocycles. The second-order valence-electron chi connectivity index (χ2n) is 3.28. The van der Waals surface area contributed by atoms with E-state index in [1.807, 2.05) is 12.1 Å². The van der Waals surface area contributed by atoms with Gasteiger partial charge < -0.3 is 10.6 Å². The lowest BCUT2D eigenvalue weighted by molar-refractivity contribution is 0.625. The number of rotatable bonds is 6. The minimum absolute atomic E-state index is 0.835. The van der Waals surface area contributed by atoms with Crippen molar-refractivity contribution in [3.05, 3.63) is 32.4 Å². The minimum Gasteiger partial charge on any atom is -0.316 e. The van der Waals surface area contributed by atoms with E-state index in [0.29, 0.717) is 0 Å². The van der Waals surface area contributed by atoms with E-state index in [-0.39, 0.29) is 0 Å². The average Bonchev–Trinajstić information content (AvgIpc) is 2.23. The zero-order valence-corrected chi connectivity index (χ0v) is 11.7. The van der Waals surface area contributed by atoms with Gasteiger partial charge in [0.25, 0.3) is 0 Å². The fourth-order valence-electron chi connectivity index (χ4n) is 1.24. The van der Waals surface area contributed by atoms with E-state index in [1.165, 1.54) is 5.56 Å². The van der Waals surface area contributed by atoms with Crippen molar-refractivity contribution < 1.29 is 0 Å². The van der Waals surface area contributed by atoms with Gasteiger partial charge in [0.2, 0.25) is 0 Å². The van der Waals surface area contributed by atoms with E-state index < -0.39 is 0 Å². The van der Waals surface area contributed by atoms with Crippen LogP contribution >= 0.6 is 34.2 Å². The molecule has 0 amide bonds. The van der Waals surface area contributed by atoms with Gasteiger partial charge in [0, 0.05) is 23.2 Å². The van der Waals surface area contributed by atoms with E-state index in [1.54, 1.807) is 0 Å². The van der Waals surface area contributed by atoms with Crippen molar-refractivity contribution in [3.8, 4) is 0 Å². The highest BCUT2D eigenvalue weighted by Gasteiger charge is 1.98. The second-order valence-corrected chi connectivity index (χ2v) is 4.85. The molecule has 0 heterocycles. The standard InChI is InChI=1S/C11H16ClIN2/c1-2-14-5-6-15-8-9-3-4-11(13)10(12)7-9/h3-4,7,14-15H,2,5-6,8H2,1H3. The van der Waals surface area contributed by atoms with Gasteiger partial charge in [-0.25, -0.2) is 0 Å². The van der Waals surface area contributed by atoms with E-state index in [4.69, 9.17) is 11.6 Å². The van der Waals surface area contributed by atoms with Crippen molar-refractivity contribution in [1.29, 1.82) is 0 Å². The SMILES string of the molecule is CCNCCNCc1ccc(I)c(Cl)c1. The topological polar surface area (TPSA) is 24.1 Å². The Bertz CT molecular complexity index is 305. The average molecular weight is 339 g/mol. The van der Waals surface area contributed by atoms with Gasteiger partial charge in [-0.2, -0.15) is 0 Å². The van der Waals surface area contributed by atoms with Gasteiger partial charge in [0.05, 0.1) is 5.02 Å². The Hall–Kier alpha value is 0.160. The predicted molar refractivity (Wildman–Crippen MR) is 74.4 cm³/mol. The number of hydrogen-bond acceptors (Lipinski definition) is 2. The van der Waals surface area contributed by atoms with Crippen LogP contribution in [0.3, 0.4) is 0 Å². The normalized spacial score (nSPS) is 10.6. The van der Waals surface area contributed by atoms with Crippen molar-refractivity contribution in [2.75, 3.05) is 19.6 Å². The molecule has 0 saturated carbocycles. The highest BCUT2D eigenvalue weighted by molar-refractivity contribution is 14.1. The van der Waals surface area contributed by atoms with Gasteiger partial charge in [0.15, 0.2) is 0 Å². The predicted octanol–water partition coefficient (Wildman–Crippen LogP) is 2.64. The molecule has 0 atom stereocenters. The molecule has 1 aromatic rings. The van der Waals surface area contributed by atoms with Crippen LogP contribution < -0.4 is 10.6 Å². The number of hydrogen-bond donors (Lipinski definition) is 2. The lowest BCUT2D eigenvalue weighted by Gasteiger charge is -2.06. The summed E-state index contributed by atoms with van der Waals surface area (Å²) in [5.41, 5.74) is 1.23. The molecule has 84 valence electrons. The van der Waals surface area contributed by atoms with Crippen molar-refractivity contribution >= 4 is 34.2 Å². The first-order valence-electron chi connectivity index (χ1n) is 5.09. The Kier molecular flexibility index (Phi) is 6.56. The Labute approximate surface area is 110 Å². The molecule has 4 heteroatoms. The largest absolute Gasteiger partial charge is 0.316 e. The van der Waals surface area contributed by atoms with E-state index in [0.717, 1.165) is 34.8 Å². The lowest BCUT2D eigenvalue weighted by atomic mass is 10.2. The molecule has 0 bridgehead atoms. The summed E-state index contributed by atoms with van der Waals surface area (Å²) in [6.07, 6.45) is 0. The molecule has 0 unspecified atom stereocenters. The third-order valence-electron chi connectivity index (χ3n) is 2.04. The monoisotopic (exact) mass is 338 g/mol. The summed E-state index contributed by atoms with van der Waals surface area (Å²) in [4.78, 5) is 0. The van der Waals surface area contributed by atoms with Crippen LogP contribution in [0.1, 0.15) is 12.5 Å². The molecular weight excluding hydrogens is 322 g/mol. The summed E-state index contributed by atoms with van der Waals surface area (Å²) < 4.78 is 1.10. The maximum atomic E-state index is 6.03. The first-order chi connectivity index (χ1) is 7.24. The molecule has 2 N–H and O–H groups in total. The summed E-state index contributed by atoms with van der Waals surface area (Å²) in [7, 11) is 0. The molecule has 0 saturated heterocycles. The minimum atomic E-state index is 0.835. The van der Waals surface area contributed by atoms with Crippen LogP contribution in [0.4, 0.5) is 0 Å². The Morgan fingerprint density at radius 2 is 2.00 bits per heavy atom. The summed E-state index contributed by atoms with van der Waals surface area (Å²) in [6.45, 7) is 6.00. The molecule has 15 heavy (non-hydrogen) atoms. The molecule has 0 fully saturated rings. The first-order valence-corrected chi connectivity index (χ1v) is 6.55. The number of likely N-dealkylation sites (N-methyl/N-ethyl adjacent to an activating group) is 1. The highest BCUT2D eigenvalue weighted by atomic mass is 127. The zero-order valence-electron chi connectivity index (χ0n) is 8.82. The van der Waals surface area contributed by atoms with E-state index in [2.05, 4.69) is 46.2 Å². The molecular formula is C11H16ClIN2. The summed E-state index contributed by atoms with van der Waals surface area (Å²) in [5, 5.41) is 7.46. The van der Waals surface area contributed by atoms with Gasteiger partial charge in [-0.3, -0.25) is 0 Å². The van der Waals surface area contributed by atoms with Crippen molar-refractivity contribution in [2.45, 2.75) is 13.5 Å². The smallest absolute Gasteiger partial charge is 0.0542 e. The molecule has 0 radical (unpaired) electrons. The van der Waals surface area contributed by atoms with E-state index in [9.17, 15) is 0 Å². The van der Waals surface area contributed by atoms with Crippen LogP contribution in [-0.4, -0.2) is 19.6 Å². The third kappa shape index (κ3) is 5.15. The first kappa shape index (κ1) is 13.2. The second kappa shape index (κ2) is 7.44. The maximum absolute atomic E-state index is 6.03. The Morgan fingerprint density at radius 3 is 2.67 bits per heavy atom. The van der Waals surface area contributed by atoms with Gasteiger partial charge in [-0.1, -0.05) is 24.6 Å². The van der Waals surface area contributed by atoms with Gasteiger partial charge in [-0.05, 0) is 46.8 Å². The van der Waals surface area contributed by atoms with Crippen LogP contribution in [0, 0.1) is 3.57 Å². The third-order valence-corrected chi connectivity index (χ3v) is 3.61. The number of nitrogens with one attached hydrogen (secondary N) is 2. The quantitative estimate of drug-likeness (QED) is 0.615. The summed E-state index contributed by atoms with van der Waals surface area (Å²) in [6, 6.07) is 6.17. The zero-order chi connectivity index (χ0) is 11.1. The Balaban J connectivity index is 2.28. The van der Waals surface area contributed by atoms with Crippen LogP contribution in [-0.2, 0) is 6.54 Å². The van der Waals surface area contributed by atoms with Crippen LogP contribution in [0.2, 0.25) is 5.02 Å². The van der Waals surface area contributed by atoms with E-state index >= 15 is 0 Å². The lowest BCUT2D eigenvalue weighted by Crippen LogP contribution is -2.26.